The summed E-state index contributed by atoms with van der Waals surface area (Å²) in [5.41, 5.74) is 0. The van der Waals surface area contributed by atoms with Gasteiger partial charge in [0.25, 0.3) is 0 Å². The highest BCUT2D eigenvalue weighted by Gasteiger charge is 2.35. The minimum Gasteiger partial charge on any atom is -0.393 e. The van der Waals surface area contributed by atoms with Crippen LogP contribution in [0.3, 0.4) is 0 Å². The van der Waals surface area contributed by atoms with Gasteiger partial charge in [0.1, 0.15) is 0 Å². The average molecular weight is 172 g/mol. The molecule has 0 spiro atoms. The summed E-state index contributed by atoms with van der Waals surface area (Å²) in [5.74, 6) is 0.867. The van der Waals surface area contributed by atoms with Gasteiger partial charge in [-0.2, -0.15) is 0 Å². The first kappa shape index (κ1) is 10.0. The largest absolute Gasteiger partial charge is 0.393 e. The normalized spacial score (nSPS) is 38.5. The van der Waals surface area contributed by atoms with E-state index in [9.17, 15) is 5.11 Å². The number of aliphatic hydroxyl groups is 1. The predicted molar refractivity (Wildman–Crippen MR) is 49.0 cm³/mol. The Kier molecular flexibility index (Phi) is 3.53. The lowest BCUT2D eigenvalue weighted by atomic mass is 9.86. The number of aliphatic hydroxyl groups excluding tert-OH is 1. The molecule has 4 atom stereocenters. The highest BCUT2D eigenvalue weighted by Crippen LogP contribution is 2.30. The van der Waals surface area contributed by atoms with Gasteiger partial charge in [-0.15, -0.1) is 0 Å². The van der Waals surface area contributed by atoms with Crippen molar-refractivity contribution in [2.75, 3.05) is 6.61 Å². The lowest BCUT2D eigenvalue weighted by Gasteiger charge is -2.23. The third kappa shape index (κ3) is 1.99. The standard InChI is InChI=1S/C10H20O2/c1-4-5-9(11)10-7(2)6-12-8(10)3/h7-11H,4-6H2,1-3H3/t7-,8?,9+,10-/m0/s1. The van der Waals surface area contributed by atoms with Crippen molar-refractivity contribution in [1.29, 1.82) is 0 Å². The number of ether oxygens (including phenoxy) is 1. The molecule has 1 fully saturated rings. The number of rotatable bonds is 3. The van der Waals surface area contributed by atoms with Crippen LogP contribution in [0.5, 0.6) is 0 Å². The van der Waals surface area contributed by atoms with Crippen molar-refractivity contribution in [3.63, 3.8) is 0 Å². The van der Waals surface area contributed by atoms with Gasteiger partial charge in [0.05, 0.1) is 12.2 Å². The molecule has 12 heavy (non-hydrogen) atoms. The second-order valence-electron chi connectivity index (χ2n) is 3.95. The van der Waals surface area contributed by atoms with E-state index >= 15 is 0 Å². The molecule has 0 aromatic rings. The predicted octanol–water partition coefficient (Wildman–Crippen LogP) is 1.82. The molecule has 0 saturated carbocycles. The monoisotopic (exact) mass is 172 g/mol. The maximum absolute atomic E-state index is 9.81. The topological polar surface area (TPSA) is 29.5 Å². The Morgan fingerprint density at radius 2 is 2.17 bits per heavy atom. The molecule has 1 heterocycles. The molecule has 2 heteroatoms. The Bertz CT molecular complexity index is 126. The summed E-state index contributed by atoms with van der Waals surface area (Å²) in [7, 11) is 0. The fourth-order valence-electron chi connectivity index (χ4n) is 2.17. The molecule has 1 N–H and O–H groups in total. The quantitative estimate of drug-likeness (QED) is 0.703. The summed E-state index contributed by atoms with van der Waals surface area (Å²) in [4.78, 5) is 0. The molecule has 2 nitrogen and oxygen atoms in total. The van der Waals surface area contributed by atoms with E-state index in [0.29, 0.717) is 11.8 Å². The average Bonchev–Trinajstić information content (AvgIpc) is 2.32. The van der Waals surface area contributed by atoms with Gasteiger partial charge in [0.2, 0.25) is 0 Å². The maximum atomic E-state index is 9.81. The number of hydrogen-bond donors (Lipinski definition) is 1. The van der Waals surface area contributed by atoms with Crippen LogP contribution < -0.4 is 0 Å². The van der Waals surface area contributed by atoms with Gasteiger partial charge >= 0.3 is 0 Å². The highest BCUT2D eigenvalue weighted by atomic mass is 16.5. The lowest BCUT2D eigenvalue weighted by molar-refractivity contribution is 0.0351. The van der Waals surface area contributed by atoms with Crippen molar-refractivity contribution in [3.05, 3.63) is 0 Å². The van der Waals surface area contributed by atoms with Crippen LogP contribution in [0.4, 0.5) is 0 Å². The van der Waals surface area contributed by atoms with Gasteiger partial charge < -0.3 is 9.84 Å². The van der Waals surface area contributed by atoms with Crippen molar-refractivity contribution in [2.45, 2.75) is 45.8 Å². The SMILES string of the molecule is CCC[C@@H](O)[C@@H]1C(C)OC[C@@H]1C. The van der Waals surface area contributed by atoms with Crippen LogP contribution in [0.1, 0.15) is 33.6 Å². The first-order chi connectivity index (χ1) is 5.66. The summed E-state index contributed by atoms with van der Waals surface area (Å²) in [6, 6.07) is 0. The van der Waals surface area contributed by atoms with Crippen molar-refractivity contribution in [1.82, 2.24) is 0 Å². The van der Waals surface area contributed by atoms with Gasteiger partial charge in [-0.05, 0) is 19.3 Å². The van der Waals surface area contributed by atoms with Crippen LogP contribution in [-0.4, -0.2) is 23.9 Å². The van der Waals surface area contributed by atoms with E-state index in [0.717, 1.165) is 19.4 Å². The van der Waals surface area contributed by atoms with Gasteiger partial charge in [-0.25, -0.2) is 0 Å². The Balaban J connectivity index is 2.47. The van der Waals surface area contributed by atoms with E-state index in [1.54, 1.807) is 0 Å². The van der Waals surface area contributed by atoms with Crippen LogP contribution in [0.25, 0.3) is 0 Å². The second-order valence-corrected chi connectivity index (χ2v) is 3.95. The molecule has 1 aliphatic rings. The first-order valence-corrected chi connectivity index (χ1v) is 4.96. The molecule has 0 aromatic carbocycles. The minimum absolute atomic E-state index is 0.164. The molecule has 0 amide bonds. The van der Waals surface area contributed by atoms with E-state index < -0.39 is 0 Å². The van der Waals surface area contributed by atoms with Crippen molar-refractivity contribution < 1.29 is 9.84 Å². The Morgan fingerprint density at radius 3 is 2.58 bits per heavy atom. The zero-order chi connectivity index (χ0) is 9.14. The molecular weight excluding hydrogens is 152 g/mol. The van der Waals surface area contributed by atoms with E-state index in [1.807, 2.05) is 0 Å². The van der Waals surface area contributed by atoms with Crippen LogP contribution in [0, 0.1) is 11.8 Å². The second kappa shape index (κ2) is 4.24. The van der Waals surface area contributed by atoms with Gasteiger partial charge in [-0.3, -0.25) is 0 Å². The van der Waals surface area contributed by atoms with Gasteiger partial charge in [0, 0.05) is 12.5 Å². The molecule has 0 aromatic heterocycles. The summed E-state index contributed by atoms with van der Waals surface area (Å²) >= 11 is 0. The molecular formula is C10H20O2. The van der Waals surface area contributed by atoms with Crippen molar-refractivity contribution >= 4 is 0 Å². The summed E-state index contributed by atoms with van der Waals surface area (Å²) in [5, 5.41) is 9.81. The fraction of sp³-hybridized carbons (Fsp3) is 1.00. The van der Waals surface area contributed by atoms with E-state index in [-0.39, 0.29) is 12.2 Å². The molecule has 0 bridgehead atoms. The molecule has 0 radical (unpaired) electrons. The van der Waals surface area contributed by atoms with Crippen LogP contribution in [0.2, 0.25) is 0 Å². The smallest absolute Gasteiger partial charge is 0.0603 e. The summed E-state index contributed by atoms with van der Waals surface area (Å²) in [6.45, 7) is 7.14. The molecule has 1 rings (SSSR count). The van der Waals surface area contributed by atoms with Crippen LogP contribution in [0.15, 0.2) is 0 Å². The molecule has 1 saturated heterocycles. The molecule has 1 aliphatic heterocycles. The Morgan fingerprint density at radius 1 is 1.50 bits per heavy atom. The lowest BCUT2D eigenvalue weighted by Crippen LogP contribution is -2.30. The van der Waals surface area contributed by atoms with Crippen LogP contribution >= 0.6 is 0 Å². The highest BCUT2D eigenvalue weighted by molar-refractivity contribution is 4.83. The van der Waals surface area contributed by atoms with Gasteiger partial charge in [0.15, 0.2) is 0 Å². The zero-order valence-corrected chi connectivity index (χ0v) is 8.29. The first-order valence-electron chi connectivity index (χ1n) is 4.96. The molecule has 0 aliphatic carbocycles. The van der Waals surface area contributed by atoms with Crippen LogP contribution in [-0.2, 0) is 4.74 Å². The minimum atomic E-state index is -0.164. The molecule has 72 valence electrons. The third-order valence-electron chi connectivity index (χ3n) is 2.85. The van der Waals surface area contributed by atoms with Gasteiger partial charge in [-0.1, -0.05) is 20.3 Å². The molecule has 1 unspecified atom stereocenters. The summed E-state index contributed by atoms with van der Waals surface area (Å²) in [6.07, 6.45) is 2.03. The zero-order valence-electron chi connectivity index (χ0n) is 8.29. The Labute approximate surface area is 74.9 Å². The van der Waals surface area contributed by atoms with E-state index in [2.05, 4.69) is 20.8 Å². The van der Waals surface area contributed by atoms with E-state index in [1.165, 1.54) is 0 Å². The van der Waals surface area contributed by atoms with Crippen molar-refractivity contribution in [2.24, 2.45) is 11.8 Å². The Hall–Kier alpha value is -0.0800. The fourth-order valence-corrected chi connectivity index (χ4v) is 2.17. The summed E-state index contributed by atoms with van der Waals surface area (Å²) < 4.78 is 5.49. The third-order valence-corrected chi connectivity index (χ3v) is 2.85. The van der Waals surface area contributed by atoms with E-state index in [4.69, 9.17) is 4.74 Å². The number of hydrogen-bond acceptors (Lipinski definition) is 2. The maximum Gasteiger partial charge on any atom is 0.0603 e. The van der Waals surface area contributed by atoms with Crippen molar-refractivity contribution in [3.8, 4) is 0 Å².